The zero-order valence-electron chi connectivity index (χ0n) is 37.8. The molecule has 2 heterocycles. The molecule has 1 aliphatic carbocycles. The van der Waals surface area contributed by atoms with Crippen LogP contribution in [-0.2, 0) is 5.41 Å². The van der Waals surface area contributed by atoms with Gasteiger partial charge in [-0.3, -0.25) is 0 Å². The first-order valence-electron chi connectivity index (χ1n) is 23.9. The lowest BCUT2D eigenvalue weighted by Crippen LogP contribution is -2.33. The topological polar surface area (TPSA) is 8.17 Å². The number of benzene rings is 11. The highest BCUT2D eigenvalue weighted by Gasteiger charge is 2.50. The second-order valence-corrected chi connectivity index (χ2v) is 18.4. The van der Waals surface area contributed by atoms with Crippen molar-refractivity contribution in [3.63, 3.8) is 0 Å². The minimum absolute atomic E-state index is 0.511. The van der Waals surface area contributed by atoms with Gasteiger partial charge in [-0.25, -0.2) is 0 Å². The molecule has 1 atom stereocenters. The molecule has 2 heteroatoms. The predicted octanol–water partition coefficient (Wildman–Crippen LogP) is 17.6. The van der Waals surface area contributed by atoms with Gasteiger partial charge in [0.25, 0.3) is 0 Å². The van der Waals surface area contributed by atoms with Crippen LogP contribution in [0, 0.1) is 0 Å². The molecular weight excluding hydrogens is 833 g/mol. The number of hydrogen-bond acceptors (Lipinski definition) is 1. The van der Waals surface area contributed by atoms with Crippen LogP contribution in [0.5, 0.6) is 0 Å². The largest absolute Gasteiger partial charge is 0.310 e. The number of anilines is 3. The Balaban J connectivity index is 0.945. The van der Waals surface area contributed by atoms with E-state index in [0.29, 0.717) is 0 Å². The Kier molecular flexibility index (Phi) is 8.84. The second kappa shape index (κ2) is 15.6. The maximum Gasteiger partial charge on any atom is 0.0754 e. The lowest BCUT2D eigenvalue weighted by atomic mass is 9.65. The third kappa shape index (κ3) is 5.86. The highest BCUT2D eigenvalue weighted by Crippen LogP contribution is 2.61. The van der Waals surface area contributed by atoms with E-state index in [1.165, 1.54) is 99.8 Å². The molecule has 11 aromatic carbocycles. The van der Waals surface area contributed by atoms with Gasteiger partial charge in [0, 0.05) is 27.7 Å². The number of hydrogen-bond donors (Lipinski definition) is 0. The molecule has 1 aromatic heterocycles. The van der Waals surface area contributed by atoms with Crippen molar-refractivity contribution in [3.8, 4) is 61.3 Å². The first-order chi connectivity index (χ1) is 34.3. The van der Waals surface area contributed by atoms with Crippen molar-refractivity contribution in [3.05, 3.63) is 289 Å². The molecule has 2 nitrogen and oxygen atoms in total. The molecule has 1 spiro atoms. The lowest BCUT2D eigenvalue weighted by molar-refractivity contribution is 0.749. The molecule has 0 N–H and O–H groups in total. The summed E-state index contributed by atoms with van der Waals surface area (Å²) in [5.74, 6) is 0. The predicted molar refractivity (Wildman–Crippen MR) is 288 cm³/mol. The van der Waals surface area contributed by atoms with Crippen LogP contribution in [0.4, 0.5) is 17.1 Å². The molecule has 0 bridgehead atoms. The van der Waals surface area contributed by atoms with Gasteiger partial charge in [0.2, 0.25) is 0 Å². The molecule has 0 fully saturated rings. The van der Waals surface area contributed by atoms with Crippen molar-refractivity contribution in [2.24, 2.45) is 0 Å². The molecule has 0 saturated heterocycles. The molecular formula is C67H44N2. The smallest absolute Gasteiger partial charge is 0.0754 e. The molecule has 2 aliphatic rings. The van der Waals surface area contributed by atoms with E-state index >= 15 is 0 Å². The highest BCUT2D eigenvalue weighted by atomic mass is 15.1. The van der Waals surface area contributed by atoms with E-state index in [4.69, 9.17) is 0 Å². The lowest BCUT2D eigenvalue weighted by Gasteiger charge is -2.39. The summed E-state index contributed by atoms with van der Waals surface area (Å²) in [5.41, 5.74) is 23.9. The average molecular weight is 877 g/mol. The van der Waals surface area contributed by atoms with Crippen molar-refractivity contribution in [2.45, 2.75) is 5.41 Å². The van der Waals surface area contributed by atoms with E-state index in [1.807, 2.05) is 0 Å². The van der Waals surface area contributed by atoms with Crippen LogP contribution in [0.1, 0.15) is 22.3 Å². The third-order valence-electron chi connectivity index (χ3n) is 14.8. The monoisotopic (exact) mass is 876 g/mol. The second-order valence-electron chi connectivity index (χ2n) is 18.4. The maximum atomic E-state index is 2.52. The van der Waals surface area contributed by atoms with E-state index in [1.54, 1.807) is 0 Å². The summed E-state index contributed by atoms with van der Waals surface area (Å²) >= 11 is 0. The Labute approximate surface area is 402 Å². The molecule has 0 saturated carbocycles. The van der Waals surface area contributed by atoms with Gasteiger partial charge in [0.1, 0.15) is 0 Å². The minimum atomic E-state index is -0.511. The number of fused-ring (bicyclic) bond motifs is 12. The summed E-state index contributed by atoms with van der Waals surface area (Å²) in [6.07, 6.45) is 0. The SMILES string of the molecule is c1ccc(-c2cccc(N(c3ccc(-c4ccc5c(c4)C4(c6ccccc6-5)c5ccccc5-n5c6ccccc6c6cccc4c65)cc3)c3ccccc3-c3ccccc3-c3ccccc3)c2)cc1. The Morgan fingerprint density at radius 1 is 0.290 bits per heavy atom. The summed E-state index contributed by atoms with van der Waals surface area (Å²) in [6, 6.07) is 98.5. The van der Waals surface area contributed by atoms with Crippen LogP contribution in [0.3, 0.4) is 0 Å². The fraction of sp³-hybridized carbons (Fsp3) is 0.0149. The first-order valence-corrected chi connectivity index (χ1v) is 23.9. The van der Waals surface area contributed by atoms with E-state index in [-0.39, 0.29) is 0 Å². The van der Waals surface area contributed by atoms with Crippen molar-refractivity contribution in [1.29, 1.82) is 0 Å². The Bertz CT molecular complexity index is 3960. The number of para-hydroxylation sites is 4. The third-order valence-corrected chi connectivity index (χ3v) is 14.8. The van der Waals surface area contributed by atoms with E-state index in [2.05, 4.69) is 276 Å². The van der Waals surface area contributed by atoms with Crippen molar-refractivity contribution < 1.29 is 0 Å². The van der Waals surface area contributed by atoms with E-state index in [0.717, 1.165) is 22.6 Å². The Morgan fingerprint density at radius 2 is 0.841 bits per heavy atom. The molecule has 1 unspecified atom stereocenters. The summed E-state index contributed by atoms with van der Waals surface area (Å²) < 4.78 is 2.52. The fourth-order valence-corrected chi connectivity index (χ4v) is 11.9. The van der Waals surface area contributed by atoms with Crippen LogP contribution in [-0.4, -0.2) is 4.57 Å². The van der Waals surface area contributed by atoms with Gasteiger partial charge in [0.05, 0.1) is 27.8 Å². The van der Waals surface area contributed by atoms with Crippen molar-refractivity contribution >= 4 is 38.9 Å². The van der Waals surface area contributed by atoms with Crippen LogP contribution < -0.4 is 4.90 Å². The van der Waals surface area contributed by atoms with Gasteiger partial charge in [-0.05, 0) is 121 Å². The minimum Gasteiger partial charge on any atom is -0.310 e. The van der Waals surface area contributed by atoms with Crippen molar-refractivity contribution in [1.82, 2.24) is 4.57 Å². The Morgan fingerprint density at radius 3 is 1.67 bits per heavy atom. The zero-order chi connectivity index (χ0) is 45.5. The summed E-state index contributed by atoms with van der Waals surface area (Å²) in [6.45, 7) is 0. The molecule has 0 amide bonds. The molecule has 12 aromatic rings. The number of nitrogens with zero attached hydrogens (tertiary/aromatic N) is 2. The molecule has 1 aliphatic heterocycles. The van der Waals surface area contributed by atoms with Gasteiger partial charge in [0.15, 0.2) is 0 Å². The van der Waals surface area contributed by atoms with Crippen molar-refractivity contribution in [2.75, 3.05) is 4.90 Å². The standard InChI is InChI=1S/C67H44N2/c1-3-19-45(20-4-1)48-23-17-24-51(43-48)68(63-34-14-10-28-56(63)53-26-8-7-25-52(53)47-21-5-2-6-22-47)50-40-37-46(38-41-50)49-39-42-55-54-27-9-12-31-59(54)67(62(55)44-49)60-32-13-16-36-65(60)69-64-35-15-11-29-57(64)58-30-18-33-61(67)66(58)69/h1-44H. The van der Waals surface area contributed by atoms with E-state index in [9.17, 15) is 0 Å². The highest BCUT2D eigenvalue weighted by molar-refractivity contribution is 6.13. The molecule has 322 valence electrons. The van der Waals surface area contributed by atoms with Crippen LogP contribution in [0.15, 0.2) is 267 Å². The molecule has 0 radical (unpaired) electrons. The first kappa shape index (κ1) is 39.2. The Hall–Kier alpha value is -8.98. The van der Waals surface area contributed by atoms with Gasteiger partial charge in [-0.2, -0.15) is 0 Å². The maximum absolute atomic E-state index is 2.52. The van der Waals surface area contributed by atoms with Crippen LogP contribution >= 0.6 is 0 Å². The van der Waals surface area contributed by atoms with Crippen LogP contribution in [0.25, 0.3) is 83.1 Å². The molecule has 14 rings (SSSR count). The van der Waals surface area contributed by atoms with E-state index < -0.39 is 5.41 Å². The summed E-state index contributed by atoms with van der Waals surface area (Å²) in [5, 5.41) is 2.57. The average Bonchev–Trinajstić information content (AvgIpc) is 3.92. The van der Waals surface area contributed by atoms with Gasteiger partial charge in [-0.1, -0.05) is 218 Å². The van der Waals surface area contributed by atoms with Gasteiger partial charge >= 0.3 is 0 Å². The van der Waals surface area contributed by atoms with Gasteiger partial charge in [-0.15, -0.1) is 0 Å². The number of aromatic nitrogens is 1. The summed E-state index contributed by atoms with van der Waals surface area (Å²) in [7, 11) is 0. The van der Waals surface area contributed by atoms with Gasteiger partial charge < -0.3 is 9.47 Å². The molecule has 69 heavy (non-hydrogen) atoms. The summed E-state index contributed by atoms with van der Waals surface area (Å²) in [4.78, 5) is 2.43. The van der Waals surface area contributed by atoms with Crippen LogP contribution in [0.2, 0.25) is 0 Å². The number of rotatable bonds is 7. The zero-order valence-corrected chi connectivity index (χ0v) is 37.8. The fourth-order valence-electron chi connectivity index (χ4n) is 11.9. The quantitative estimate of drug-likeness (QED) is 0.155. The normalized spacial score (nSPS) is 14.1.